The molecule has 1 unspecified atom stereocenters. The van der Waals surface area contributed by atoms with Crippen molar-refractivity contribution in [2.75, 3.05) is 13.2 Å². The molecule has 2 N–H and O–H groups in total. The van der Waals surface area contributed by atoms with E-state index in [1.807, 2.05) is 6.92 Å². The smallest absolute Gasteiger partial charge is 0.254 e. The van der Waals surface area contributed by atoms with Gasteiger partial charge in [0.15, 0.2) is 0 Å². The second-order valence-electron chi connectivity index (χ2n) is 4.32. The maximum Gasteiger partial charge on any atom is 0.254 e. The van der Waals surface area contributed by atoms with Crippen molar-refractivity contribution in [1.29, 1.82) is 0 Å². The minimum atomic E-state index is -0.101. The van der Waals surface area contributed by atoms with E-state index in [2.05, 4.69) is 12.2 Å². The Labute approximate surface area is 102 Å². The summed E-state index contributed by atoms with van der Waals surface area (Å²) < 4.78 is 5.32. The molecule has 17 heavy (non-hydrogen) atoms. The minimum Gasteiger partial charge on any atom is -0.466 e. The maximum atomic E-state index is 11.9. The van der Waals surface area contributed by atoms with Crippen LogP contribution in [-0.4, -0.2) is 24.2 Å². The Hall–Kier alpha value is -1.29. The Balaban J connectivity index is 2.52. The zero-order chi connectivity index (χ0) is 12.8. The molecule has 1 rings (SSSR count). The van der Waals surface area contributed by atoms with Crippen LogP contribution in [-0.2, 0) is 0 Å². The highest BCUT2D eigenvalue weighted by Crippen LogP contribution is 2.14. The van der Waals surface area contributed by atoms with Gasteiger partial charge in [0.05, 0.1) is 5.56 Å². The molecule has 4 nitrogen and oxygen atoms in total. The number of carbonyl (C=O) groups is 1. The van der Waals surface area contributed by atoms with Crippen LogP contribution in [0.5, 0.6) is 0 Å². The van der Waals surface area contributed by atoms with Gasteiger partial charge in [0.2, 0.25) is 0 Å². The second-order valence-corrected chi connectivity index (χ2v) is 4.32. The molecule has 0 saturated heterocycles. The highest BCUT2D eigenvalue weighted by atomic mass is 16.3. The fourth-order valence-electron chi connectivity index (χ4n) is 1.82. The molecule has 0 bridgehead atoms. The largest absolute Gasteiger partial charge is 0.466 e. The molecular formula is C13H21NO3. The van der Waals surface area contributed by atoms with E-state index in [1.54, 1.807) is 13.0 Å². The van der Waals surface area contributed by atoms with Crippen LogP contribution in [0.3, 0.4) is 0 Å². The van der Waals surface area contributed by atoms with E-state index in [1.165, 1.54) is 0 Å². The summed E-state index contributed by atoms with van der Waals surface area (Å²) in [5.74, 6) is 1.62. The molecule has 0 aliphatic carbocycles. The Morgan fingerprint density at radius 1 is 1.53 bits per heavy atom. The average molecular weight is 239 g/mol. The highest BCUT2D eigenvalue weighted by Gasteiger charge is 2.14. The molecule has 0 spiro atoms. The van der Waals surface area contributed by atoms with Gasteiger partial charge in [-0.25, -0.2) is 0 Å². The first kappa shape index (κ1) is 13.8. The van der Waals surface area contributed by atoms with E-state index in [0.29, 0.717) is 23.8 Å². The summed E-state index contributed by atoms with van der Waals surface area (Å²) in [4.78, 5) is 11.9. The number of hydrogen-bond donors (Lipinski definition) is 2. The number of aliphatic hydroxyl groups excluding tert-OH is 1. The predicted octanol–water partition coefficient (Wildman–Crippen LogP) is 2.03. The molecule has 1 aromatic heterocycles. The van der Waals surface area contributed by atoms with E-state index in [4.69, 9.17) is 9.52 Å². The topological polar surface area (TPSA) is 62.5 Å². The van der Waals surface area contributed by atoms with Crippen molar-refractivity contribution in [3.05, 3.63) is 23.2 Å². The minimum absolute atomic E-state index is 0.101. The summed E-state index contributed by atoms with van der Waals surface area (Å²) >= 11 is 0. The fraction of sp³-hybridized carbons (Fsp3) is 0.615. The van der Waals surface area contributed by atoms with Gasteiger partial charge in [0.25, 0.3) is 5.91 Å². The van der Waals surface area contributed by atoms with Crippen LogP contribution in [0.15, 0.2) is 10.5 Å². The first-order chi connectivity index (χ1) is 8.08. The third-order valence-electron chi connectivity index (χ3n) is 2.95. The van der Waals surface area contributed by atoms with Crippen molar-refractivity contribution in [3.63, 3.8) is 0 Å². The van der Waals surface area contributed by atoms with Gasteiger partial charge < -0.3 is 14.8 Å². The monoisotopic (exact) mass is 239 g/mol. The number of nitrogens with one attached hydrogen (secondary N) is 1. The van der Waals surface area contributed by atoms with E-state index in [-0.39, 0.29) is 12.5 Å². The van der Waals surface area contributed by atoms with Gasteiger partial charge in [-0.1, -0.05) is 13.3 Å². The normalized spacial score (nSPS) is 12.5. The van der Waals surface area contributed by atoms with Gasteiger partial charge in [0, 0.05) is 13.2 Å². The lowest BCUT2D eigenvalue weighted by atomic mass is 10.0. The fourth-order valence-corrected chi connectivity index (χ4v) is 1.82. The van der Waals surface area contributed by atoms with Crippen LogP contribution in [0.25, 0.3) is 0 Å². The van der Waals surface area contributed by atoms with E-state index >= 15 is 0 Å². The predicted molar refractivity (Wildman–Crippen MR) is 66.0 cm³/mol. The van der Waals surface area contributed by atoms with Crippen molar-refractivity contribution in [3.8, 4) is 0 Å². The van der Waals surface area contributed by atoms with E-state index in [9.17, 15) is 4.79 Å². The van der Waals surface area contributed by atoms with Gasteiger partial charge in [-0.05, 0) is 32.3 Å². The van der Waals surface area contributed by atoms with E-state index < -0.39 is 0 Å². The standard InChI is InChI=1S/C13H21NO3/c1-4-11(5-6-15)8-14-13(16)12-7-9(2)17-10(12)3/h7,11,15H,4-6,8H2,1-3H3,(H,14,16). The molecule has 0 aromatic carbocycles. The number of rotatable bonds is 6. The van der Waals surface area contributed by atoms with Crippen LogP contribution in [0.2, 0.25) is 0 Å². The number of carbonyl (C=O) groups excluding carboxylic acids is 1. The number of hydrogen-bond acceptors (Lipinski definition) is 3. The van der Waals surface area contributed by atoms with Gasteiger partial charge in [-0.15, -0.1) is 0 Å². The Morgan fingerprint density at radius 3 is 2.71 bits per heavy atom. The van der Waals surface area contributed by atoms with Gasteiger partial charge >= 0.3 is 0 Å². The average Bonchev–Trinajstić information content (AvgIpc) is 2.63. The van der Waals surface area contributed by atoms with Crippen LogP contribution in [0, 0.1) is 19.8 Å². The van der Waals surface area contributed by atoms with E-state index in [0.717, 1.165) is 18.6 Å². The molecule has 1 amide bonds. The lowest BCUT2D eigenvalue weighted by Gasteiger charge is -2.13. The number of aliphatic hydroxyl groups is 1. The second kappa shape index (κ2) is 6.45. The van der Waals surface area contributed by atoms with Crippen molar-refractivity contribution < 1.29 is 14.3 Å². The van der Waals surface area contributed by atoms with Crippen LogP contribution >= 0.6 is 0 Å². The van der Waals surface area contributed by atoms with Gasteiger partial charge in [-0.3, -0.25) is 4.79 Å². The summed E-state index contributed by atoms with van der Waals surface area (Å²) in [7, 11) is 0. The summed E-state index contributed by atoms with van der Waals surface area (Å²) in [6, 6.07) is 1.75. The third-order valence-corrected chi connectivity index (χ3v) is 2.95. The van der Waals surface area contributed by atoms with Crippen LogP contribution in [0.4, 0.5) is 0 Å². The number of amides is 1. The van der Waals surface area contributed by atoms with Crippen molar-refractivity contribution in [2.45, 2.75) is 33.6 Å². The SMILES string of the molecule is CCC(CCO)CNC(=O)c1cc(C)oc1C. The summed E-state index contributed by atoms with van der Waals surface area (Å²) in [6.07, 6.45) is 1.67. The zero-order valence-corrected chi connectivity index (χ0v) is 10.7. The van der Waals surface area contributed by atoms with Crippen molar-refractivity contribution in [1.82, 2.24) is 5.32 Å². The quantitative estimate of drug-likeness (QED) is 0.798. The van der Waals surface area contributed by atoms with Crippen molar-refractivity contribution >= 4 is 5.91 Å². The molecule has 4 heteroatoms. The van der Waals surface area contributed by atoms with Gasteiger partial charge in [0.1, 0.15) is 11.5 Å². The molecule has 0 fully saturated rings. The Kier molecular flexibility index (Phi) is 5.22. The lowest BCUT2D eigenvalue weighted by Crippen LogP contribution is -2.29. The first-order valence-corrected chi connectivity index (χ1v) is 6.04. The van der Waals surface area contributed by atoms with Crippen molar-refractivity contribution in [2.24, 2.45) is 5.92 Å². The van der Waals surface area contributed by atoms with Gasteiger partial charge in [-0.2, -0.15) is 0 Å². The Bertz CT molecular complexity index is 371. The van der Waals surface area contributed by atoms with Crippen LogP contribution < -0.4 is 5.32 Å². The molecule has 96 valence electrons. The van der Waals surface area contributed by atoms with Crippen LogP contribution in [0.1, 0.15) is 41.6 Å². The highest BCUT2D eigenvalue weighted by molar-refractivity contribution is 5.95. The number of aryl methyl sites for hydroxylation is 2. The molecular weight excluding hydrogens is 218 g/mol. The Morgan fingerprint density at radius 2 is 2.24 bits per heavy atom. The molecule has 1 atom stereocenters. The first-order valence-electron chi connectivity index (χ1n) is 6.04. The summed E-state index contributed by atoms with van der Waals surface area (Å²) in [5, 5.41) is 11.7. The zero-order valence-electron chi connectivity index (χ0n) is 10.7. The lowest BCUT2D eigenvalue weighted by molar-refractivity contribution is 0.0942. The molecule has 1 heterocycles. The summed E-state index contributed by atoms with van der Waals surface area (Å²) in [6.45, 7) is 6.43. The molecule has 0 aliphatic rings. The molecule has 0 radical (unpaired) electrons. The third kappa shape index (κ3) is 3.89. The summed E-state index contributed by atoms with van der Waals surface area (Å²) in [5.41, 5.74) is 0.598. The maximum absolute atomic E-state index is 11.9. The molecule has 0 saturated carbocycles. The molecule has 0 aliphatic heterocycles. The molecule has 1 aromatic rings. The number of furan rings is 1.